The van der Waals surface area contributed by atoms with Crippen LogP contribution in [0.2, 0.25) is 0 Å². The predicted molar refractivity (Wildman–Crippen MR) is 122 cm³/mol. The van der Waals surface area contributed by atoms with Crippen molar-refractivity contribution in [3.05, 3.63) is 78.4 Å². The molecule has 0 aliphatic carbocycles. The molecular weight excluding hydrogens is 404 g/mol. The minimum absolute atomic E-state index is 0.330. The van der Waals surface area contributed by atoms with Crippen molar-refractivity contribution < 1.29 is 14.3 Å². The summed E-state index contributed by atoms with van der Waals surface area (Å²) in [5, 5.41) is 0. The maximum absolute atomic E-state index is 12.1. The van der Waals surface area contributed by atoms with Gasteiger partial charge in [-0.1, -0.05) is 12.1 Å². The zero-order valence-corrected chi connectivity index (χ0v) is 17.6. The van der Waals surface area contributed by atoms with E-state index in [1.54, 1.807) is 26.2 Å². The number of carbonyl (C=O) groups is 1. The van der Waals surface area contributed by atoms with Crippen LogP contribution in [0, 0.1) is 0 Å². The van der Waals surface area contributed by atoms with Gasteiger partial charge in [0.15, 0.2) is 11.3 Å². The number of imidazole rings is 1. The highest BCUT2D eigenvalue weighted by molar-refractivity contribution is 5.90. The summed E-state index contributed by atoms with van der Waals surface area (Å²) in [6, 6.07) is 22.6. The molecule has 3 aromatic carbocycles. The van der Waals surface area contributed by atoms with Gasteiger partial charge in [0.25, 0.3) is 0 Å². The molecule has 0 N–H and O–H groups in total. The smallest absolute Gasteiger partial charge is 0.338 e. The number of aromatic nitrogens is 4. The zero-order chi connectivity index (χ0) is 22.1. The van der Waals surface area contributed by atoms with Crippen LogP contribution in [0.4, 0.5) is 0 Å². The molecule has 32 heavy (non-hydrogen) atoms. The van der Waals surface area contributed by atoms with Gasteiger partial charge in [0, 0.05) is 11.3 Å². The summed E-state index contributed by atoms with van der Waals surface area (Å²) in [7, 11) is 1.63. The van der Waals surface area contributed by atoms with Gasteiger partial charge in [0.05, 0.1) is 30.3 Å². The highest BCUT2D eigenvalue weighted by Crippen LogP contribution is 2.29. The molecule has 0 fully saturated rings. The van der Waals surface area contributed by atoms with Crippen LogP contribution in [0.25, 0.3) is 39.4 Å². The summed E-state index contributed by atoms with van der Waals surface area (Å²) in [4.78, 5) is 26.4. The van der Waals surface area contributed by atoms with Gasteiger partial charge in [-0.3, -0.25) is 4.57 Å². The molecule has 5 rings (SSSR count). The van der Waals surface area contributed by atoms with Crippen LogP contribution in [-0.4, -0.2) is 39.2 Å². The molecule has 7 heteroatoms. The zero-order valence-electron chi connectivity index (χ0n) is 17.6. The Hall–Kier alpha value is -4.26. The molecule has 7 nitrogen and oxygen atoms in total. The van der Waals surface area contributed by atoms with Crippen molar-refractivity contribution in [3.63, 3.8) is 0 Å². The van der Waals surface area contributed by atoms with E-state index in [1.165, 1.54) is 0 Å². The number of esters is 1. The fraction of sp³-hybridized carbons (Fsp3) is 0.120. The normalized spacial score (nSPS) is 11.1. The van der Waals surface area contributed by atoms with Crippen LogP contribution in [0.3, 0.4) is 0 Å². The lowest BCUT2D eigenvalue weighted by molar-refractivity contribution is 0.0526. The third kappa shape index (κ3) is 3.43. The van der Waals surface area contributed by atoms with Crippen LogP contribution in [0.5, 0.6) is 5.75 Å². The minimum Gasteiger partial charge on any atom is -0.497 e. The molecule has 0 saturated carbocycles. The van der Waals surface area contributed by atoms with Crippen LogP contribution in [0.1, 0.15) is 17.3 Å². The lowest BCUT2D eigenvalue weighted by atomic mass is 10.1. The van der Waals surface area contributed by atoms with Gasteiger partial charge in [-0.2, -0.15) is 0 Å². The number of fused-ring (bicyclic) bond motifs is 2. The monoisotopic (exact) mass is 424 g/mol. The topological polar surface area (TPSA) is 79.1 Å². The fourth-order valence-electron chi connectivity index (χ4n) is 3.60. The van der Waals surface area contributed by atoms with E-state index in [0.717, 1.165) is 28.0 Å². The molecule has 0 bridgehead atoms. The maximum Gasteiger partial charge on any atom is 0.338 e. The second kappa shape index (κ2) is 8.11. The van der Waals surface area contributed by atoms with Crippen LogP contribution in [0.15, 0.2) is 72.8 Å². The Kier molecular flexibility index (Phi) is 4.99. The number of carbonyl (C=O) groups excluding carboxylic acids is 1. The summed E-state index contributed by atoms with van der Waals surface area (Å²) >= 11 is 0. The molecule has 0 unspecified atom stereocenters. The standard InChI is InChI=1S/C25H20N4O3/c1-3-32-25(30)17-8-12-18(13-9-17)29-23(16-10-14-19(31-2)15-11-16)28-22-24(29)27-21-7-5-4-6-20(21)26-22/h4-15H,3H2,1-2H3. The summed E-state index contributed by atoms with van der Waals surface area (Å²) in [6.45, 7) is 2.12. The Morgan fingerprint density at radius 1 is 0.875 bits per heavy atom. The molecule has 0 saturated heterocycles. The number of benzene rings is 3. The van der Waals surface area contributed by atoms with Crippen LogP contribution in [-0.2, 0) is 4.74 Å². The van der Waals surface area contributed by atoms with Crippen molar-refractivity contribution in [2.24, 2.45) is 0 Å². The molecule has 5 aromatic rings. The van der Waals surface area contributed by atoms with E-state index in [0.29, 0.717) is 29.3 Å². The van der Waals surface area contributed by atoms with E-state index >= 15 is 0 Å². The third-order valence-electron chi connectivity index (χ3n) is 5.15. The fourth-order valence-corrected chi connectivity index (χ4v) is 3.60. The highest BCUT2D eigenvalue weighted by atomic mass is 16.5. The van der Waals surface area contributed by atoms with Gasteiger partial charge in [-0.05, 0) is 67.6 Å². The van der Waals surface area contributed by atoms with Crippen molar-refractivity contribution in [1.29, 1.82) is 0 Å². The molecule has 0 aliphatic rings. The number of ether oxygens (including phenoxy) is 2. The lowest BCUT2D eigenvalue weighted by Gasteiger charge is -2.10. The molecule has 0 spiro atoms. The summed E-state index contributed by atoms with van der Waals surface area (Å²) < 4.78 is 12.3. The molecule has 2 heterocycles. The Balaban J connectivity index is 1.72. The number of hydrogen-bond donors (Lipinski definition) is 0. The van der Waals surface area contributed by atoms with Crippen molar-refractivity contribution in [2.75, 3.05) is 13.7 Å². The molecular formula is C25H20N4O3. The Morgan fingerprint density at radius 3 is 2.22 bits per heavy atom. The molecule has 2 aromatic heterocycles. The average molecular weight is 424 g/mol. The molecule has 0 radical (unpaired) electrons. The summed E-state index contributed by atoms with van der Waals surface area (Å²) in [6.07, 6.45) is 0. The predicted octanol–water partition coefficient (Wildman–Crippen LogP) is 4.82. The quantitative estimate of drug-likeness (QED) is 0.376. The van der Waals surface area contributed by atoms with Gasteiger partial charge in [0.2, 0.25) is 0 Å². The van der Waals surface area contributed by atoms with Crippen molar-refractivity contribution >= 4 is 28.3 Å². The van der Waals surface area contributed by atoms with E-state index in [2.05, 4.69) is 0 Å². The highest BCUT2D eigenvalue weighted by Gasteiger charge is 2.18. The van der Waals surface area contributed by atoms with Gasteiger partial charge in [-0.25, -0.2) is 19.7 Å². The van der Waals surface area contributed by atoms with E-state index in [4.69, 9.17) is 24.4 Å². The number of methoxy groups -OCH3 is 1. The SMILES string of the molecule is CCOC(=O)c1ccc(-n2c(-c3ccc(OC)cc3)nc3nc4ccccc4nc32)cc1. The Bertz CT molecular complexity index is 1420. The second-order valence-corrected chi connectivity index (χ2v) is 7.13. The van der Waals surface area contributed by atoms with E-state index in [-0.39, 0.29) is 5.97 Å². The van der Waals surface area contributed by atoms with Crippen molar-refractivity contribution in [3.8, 4) is 22.8 Å². The van der Waals surface area contributed by atoms with Gasteiger partial charge < -0.3 is 9.47 Å². The number of rotatable bonds is 5. The lowest BCUT2D eigenvalue weighted by Crippen LogP contribution is -2.05. The second-order valence-electron chi connectivity index (χ2n) is 7.13. The first-order chi connectivity index (χ1) is 15.7. The first-order valence-corrected chi connectivity index (χ1v) is 10.2. The largest absolute Gasteiger partial charge is 0.497 e. The Labute approximate surface area is 184 Å². The van der Waals surface area contributed by atoms with Gasteiger partial charge >= 0.3 is 5.97 Å². The number of nitrogens with zero attached hydrogens (tertiary/aromatic N) is 4. The average Bonchev–Trinajstić information content (AvgIpc) is 3.21. The van der Waals surface area contributed by atoms with Crippen LogP contribution >= 0.6 is 0 Å². The molecule has 0 amide bonds. The van der Waals surface area contributed by atoms with Gasteiger partial charge in [0.1, 0.15) is 11.6 Å². The summed E-state index contributed by atoms with van der Waals surface area (Å²) in [5.41, 5.74) is 4.94. The number of para-hydroxylation sites is 2. The first-order valence-electron chi connectivity index (χ1n) is 10.2. The minimum atomic E-state index is -0.351. The van der Waals surface area contributed by atoms with E-state index in [1.807, 2.05) is 65.2 Å². The summed E-state index contributed by atoms with van der Waals surface area (Å²) in [5.74, 6) is 1.11. The van der Waals surface area contributed by atoms with E-state index in [9.17, 15) is 4.79 Å². The third-order valence-corrected chi connectivity index (χ3v) is 5.15. The molecule has 0 aliphatic heterocycles. The van der Waals surface area contributed by atoms with Crippen molar-refractivity contribution in [2.45, 2.75) is 6.92 Å². The first kappa shape index (κ1) is 19.7. The number of hydrogen-bond acceptors (Lipinski definition) is 6. The maximum atomic E-state index is 12.1. The Morgan fingerprint density at radius 2 is 1.56 bits per heavy atom. The van der Waals surface area contributed by atoms with Gasteiger partial charge in [-0.15, -0.1) is 0 Å². The van der Waals surface area contributed by atoms with Crippen molar-refractivity contribution in [1.82, 2.24) is 19.5 Å². The molecule has 0 atom stereocenters. The molecule has 158 valence electrons. The van der Waals surface area contributed by atoms with Crippen LogP contribution < -0.4 is 4.74 Å². The van der Waals surface area contributed by atoms with E-state index < -0.39 is 0 Å².